The summed E-state index contributed by atoms with van der Waals surface area (Å²) < 4.78 is 5.95. The van der Waals surface area contributed by atoms with Crippen LogP contribution in [0.1, 0.15) is 37.5 Å². The van der Waals surface area contributed by atoms with Gasteiger partial charge in [-0.15, -0.1) is 0 Å². The van der Waals surface area contributed by atoms with Crippen LogP contribution in [0.3, 0.4) is 0 Å². The fourth-order valence-electron chi connectivity index (χ4n) is 5.77. The van der Waals surface area contributed by atoms with E-state index in [9.17, 15) is 9.90 Å². The number of hydrogen-bond donors (Lipinski definition) is 2. The number of aliphatic hydroxyl groups is 1. The molecular formula is C38H35N3O4. The Morgan fingerprint density at radius 3 is 2.33 bits per heavy atom. The Morgan fingerprint density at radius 1 is 0.889 bits per heavy atom. The molecule has 7 nitrogen and oxygen atoms in total. The topological polar surface area (TPSA) is 105 Å². The minimum absolute atomic E-state index is 0.0763. The molecule has 0 aliphatic carbocycles. The standard InChI is InChI=1S/C34H25N3O3.C4H10O/c1-20-15-24-16-23(25-18-36-34(37-19-25)22-5-3-2-4-6-22)7-8-26(24)32(28(20)17-30(38)39)27-9-10-29-31-21(12-14-40-29)11-13-35-33(27)31;1-4(2,3)5/h2-11,13,15-16,18-19H,12,14,17H2,1H3,(H,38,39);5H,1-3H3. The summed E-state index contributed by atoms with van der Waals surface area (Å²) in [7, 11) is 0. The Kier molecular flexibility index (Phi) is 8.04. The molecule has 0 unspecified atom stereocenters. The van der Waals surface area contributed by atoms with Crippen molar-refractivity contribution in [3.63, 3.8) is 0 Å². The molecule has 7 heteroatoms. The zero-order valence-electron chi connectivity index (χ0n) is 25.8. The highest BCUT2D eigenvalue weighted by Gasteiger charge is 2.22. The number of ether oxygens (including phenoxy) is 1. The minimum atomic E-state index is -0.866. The van der Waals surface area contributed by atoms with Gasteiger partial charge in [0.15, 0.2) is 5.82 Å². The molecule has 6 aromatic rings. The molecule has 1 aliphatic rings. The summed E-state index contributed by atoms with van der Waals surface area (Å²) in [5.41, 5.74) is 7.95. The molecule has 7 rings (SSSR count). The second-order valence-corrected chi connectivity index (χ2v) is 12.3. The molecule has 226 valence electrons. The molecule has 3 heterocycles. The molecule has 0 saturated heterocycles. The van der Waals surface area contributed by atoms with E-state index in [2.05, 4.69) is 28.2 Å². The first-order valence-electron chi connectivity index (χ1n) is 15.0. The summed E-state index contributed by atoms with van der Waals surface area (Å²) in [6.07, 6.45) is 6.27. The predicted molar refractivity (Wildman–Crippen MR) is 178 cm³/mol. The molecule has 0 bridgehead atoms. The maximum absolute atomic E-state index is 12.0. The Bertz CT molecular complexity index is 2020. The molecule has 0 radical (unpaired) electrons. The zero-order chi connectivity index (χ0) is 31.7. The number of rotatable bonds is 5. The van der Waals surface area contributed by atoms with Crippen LogP contribution in [-0.2, 0) is 17.6 Å². The van der Waals surface area contributed by atoms with E-state index >= 15 is 0 Å². The van der Waals surface area contributed by atoms with Gasteiger partial charge in [-0.1, -0.05) is 48.5 Å². The number of carboxylic acids is 1. The van der Waals surface area contributed by atoms with Crippen LogP contribution in [0, 0.1) is 6.92 Å². The number of aromatic nitrogens is 3. The monoisotopic (exact) mass is 597 g/mol. The largest absolute Gasteiger partial charge is 0.493 e. The van der Waals surface area contributed by atoms with Gasteiger partial charge >= 0.3 is 5.97 Å². The van der Waals surface area contributed by atoms with Gasteiger partial charge in [0.25, 0.3) is 0 Å². The maximum atomic E-state index is 12.0. The van der Waals surface area contributed by atoms with E-state index in [1.54, 1.807) is 20.8 Å². The van der Waals surface area contributed by atoms with Gasteiger partial charge in [-0.05, 0) is 90.6 Å². The summed E-state index contributed by atoms with van der Waals surface area (Å²) in [5.74, 6) is 0.641. The highest BCUT2D eigenvalue weighted by molar-refractivity contribution is 6.09. The molecule has 2 N–H and O–H groups in total. The average molecular weight is 598 g/mol. The Labute approximate surface area is 262 Å². The number of fused-ring (bicyclic) bond motifs is 1. The van der Waals surface area contributed by atoms with E-state index in [1.165, 1.54) is 5.56 Å². The first-order valence-corrected chi connectivity index (χ1v) is 15.0. The van der Waals surface area contributed by atoms with Gasteiger partial charge in [-0.2, -0.15) is 0 Å². The number of nitrogens with zero attached hydrogens (tertiary/aromatic N) is 3. The first-order chi connectivity index (χ1) is 21.6. The van der Waals surface area contributed by atoms with Crippen molar-refractivity contribution in [1.82, 2.24) is 15.0 Å². The quantitative estimate of drug-likeness (QED) is 0.209. The SMILES string of the molecule is CC(C)(C)O.Cc1cc2cc(-c3cnc(-c4ccccc4)nc3)ccc2c(-c2ccc3c4c(ccnc24)CCO3)c1CC(=O)O. The molecule has 0 fully saturated rings. The van der Waals surface area contributed by atoms with E-state index in [0.29, 0.717) is 12.4 Å². The number of pyridine rings is 1. The lowest BCUT2D eigenvalue weighted by atomic mass is 9.86. The number of aryl methyl sites for hydroxylation is 1. The van der Waals surface area contributed by atoms with E-state index in [1.807, 2.05) is 80.1 Å². The third kappa shape index (κ3) is 6.40. The number of carboxylic acid groups (broad SMARTS) is 1. The van der Waals surface area contributed by atoms with Gasteiger partial charge < -0.3 is 14.9 Å². The van der Waals surface area contributed by atoms with Gasteiger partial charge in [0.1, 0.15) is 5.75 Å². The van der Waals surface area contributed by atoms with Crippen LogP contribution in [0.15, 0.2) is 91.4 Å². The third-order valence-electron chi connectivity index (χ3n) is 7.65. The van der Waals surface area contributed by atoms with Crippen molar-refractivity contribution in [3.05, 3.63) is 108 Å². The van der Waals surface area contributed by atoms with Gasteiger partial charge in [0.2, 0.25) is 0 Å². The Hall–Kier alpha value is -5.14. The number of hydrogen-bond acceptors (Lipinski definition) is 6. The average Bonchev–Trinajstić information content (AvgIpc) is 3.02. The van der Waals surface area contributed by atoms with E-state index in [0.717, 1.165) is 72.8 Å². The van der Waals surface area contributed by atoms with Gasteiger partial charge in [0.05, 0.1) is 24.1 Å². The third-order valence-corrected chi connectivity index (χ3v) is 7.65. The second kappa shape index (κ2) is 12.1. The van der Waals surface area contributed by atoms with Crippen molar-refractivity contribution < 1.29 is 19.7 Å². The fraction of sp³-hybridized carbons (Fsp3) is 0.211. The van der Waals surface area contributed by atoms with Crippen molar-refractivity contribution in [1.29, 1.82) is 0 Å². The molecule has 2 aromatic heterocycles. The summed E-state index contributed by atoms with van der Waals surface area (Å²) in [4.78, 5) is 26.0. The van der Waals surface area contributed by atoms with Crippen LogP contribution in [0.2, 0.25) is 0 Å². The van der Waals surface area contributed by atoms with Gasteiger partial charge in [-0.3, -0.25) is 9.78 Å². The van der Waals surface area contributed by atoms with Crippen molar-refractivity contribution >= 4 is 27.6 Å². The molecule has 0 amide bonds. The summed E-state index contributed by atoms with van der Waals surface area (Å²) in [5, 5.41) is 21.4. The summed E-state index contributed by atoms with van der Waals surface area (Å²) >= 11 is 0. The molecular weight excluding hydrogens is 562 g/mol. The van der Waals surface area contributed by atoms with E-state index < -0.39 is 11.6 Å². The number of aliphatic carboxylic acids is 1. The summed E-state index contributed by atoms with van der Waals surface area (Å²) in [6.45, 7) is 7.85. The predicted octanol–water partition coefficient (Wildman–Crippen LogP) is 7.83. The smallest absolute Gasteiger partial charge is 0.307 e. The Morgan fingerprint density at radius 2 is 1.62 bits per heavy atom. The number of carbonyl (C=O) groups is 1. The Balaban J connectivity index is 0.000000664. The maximum Gasteiger partial charge on any atom is 0.307 e. The molecule has 0 atom stereocenters. The lowest BCUT2D eigenvalue weighted by Crippen LogP contribution is -2.10. The molecule has 4 aromatic carbocycles. The van der Waals surface area contributed by atoms with Crippen LogP contribution < -0.4 is 4.74 Å². The van der Waals surface area contributed by atoms with Gasteiger partial charge in [-0.25, -0.2) is 9.97 Å². The normalized spacial score (nSPS) is 12.4. The zero-order valence-corrected chi connectivity index (χ0v) is 25.8. The minimum Gasteiger partial charge on any atom is -0.493 e. The fourth-order valence-corrected chi connectivity index (χ4v) is 5.77. The number of benzene rings is 4. The summed E-state index contributed by atoms with van der Waals surface area (Å²) in [6, 6.07) is 24.3. The van der Waals surface area contributed by atoms with Crippen molar-refractivity contribution in [3.8, 4) is 39.4 Å². The van der Waals surface area contributed by atoms with Crippen molar-refractivity contribution in [2.45, 2.75) is 46.1 Å². The lowest BCUT2D eigenvalue weighted by molar-refractivity contribution is -0.136. The van der Waals surface area contributed by atoms with Crippen molar-refractivity contribution in [2.24, 2.45) is 0 Å². The molecule has 1 aliphatic heterocycles. The van der Waals surface area contributed by atoms with Crippen LogP contribution in [-0.4, -0.2) is 43.3 Å². The highest BCUT2D eigenvalue weighted by Crippen LogP contribution is 2.43. The lowest BCUT2D eigenvalue weighted by Gasteiger charge is -2.22. The van der Waals surface area contributed by atoms with Crippen LogP contribution in [0.5, 0.6) is 5.75 Å². The highest BCUT2D eigenvalue weighted by atomic mass is 16.5. The van der Waals surface area contributed by atoms with E-state index in [-0.39, 0.29) is 6.42 Å². The van der Waals surface area contributed by atoms with E-state index in [4.69, 9.17) is 14.8 Å². The molecule has 0 spiro atoms. The van der Waals surface area contributed by atoms with Crippen LogP contribution in [0.25, 0.3) is 55.3 Å². The van der Waals surface area contributed by atoms with Crippen LogP contribution in [0.4, 0.5) is 0 Å². The molecule has 45 heavy (non-hydrogen) atoms. The van der Waals surface area contributed by atoms with Crippen molar-refractivity contribution in [2.75, 3.05) is 6.61 Å². The second-order valence-electron chi connectivity index (χ2n) is 12.3. The molecule has 0 saturated carbocycles. The van der Waals surface area contributed by atoms with Crippen LogP contribution >= 0.6 is 0 Å². The van der Waals surface area contributed by atoms with Gasteiger partial charge in [0, 0.05) is 47.1 Å². The first kappa shape index (κ1) is 29.9.